The molecule has 1 N–H and O–H groups in total. The number of aromatic nitrogens is 3. The van der Waals surface area contributed by atoms with Crippen LogP contribution in [0.2, 0.25) is 0 Å². The Labute approximate surface area is 160 Å². The van der Waals surface area contributed by atoms with E-state index in [9.17, 15) is 8.42 Å². The second-order valence-corrected chi connectivity index (χ2v) is 8.07. The minimum atomic E-state index is -3.76. The summed E-state index contributed by atoms with van der Waals surface area (Å²) >= 11 is 3.32. The average molecular weight is 437 g/mol. The molecule has 0 fully saturated rings. The lowest BCUT2D eigenvalue weighted by atomic mass is 10.1. The smallest absolute Gasteiger partial charge is 0.241 e. The topological polar surface area (TPSA) is 86.1 Å². The summed E-state index contributed by atoms with van der Waals surface area (Å²) in [7, 11) is -2.23. The van der Waals surface area contributed by atoms with Crippen LogP contribution < -0.4 is 9.46 Å². The van der Waals surface area contributed by atoms with E-state index >= 15 is 0 Å². The van der Waals surface area contributed by atoms with Gasteiger partial charge in [0.25, 0.3) is 0 Å². The predicted octanol–water partition coefficient (Wildman–Crippen LogP) is 2.77. The summed E-state index contributed by atoms with van der Waals surface area (Å²) in [5, 5.41) is 4.07. The van der Waals surface area contributed by atoms with Crippen molar-refractivity contribution in [3.8, 4) is 5.75 Å². The fourth-order valence-corrected chi connectivity index (χ4v) is 4.41. The maximum Gasteiger partial charge on any atom is 0.241 e. The third kappa shape index (κ3) is 4.29. The zero-order chi connectivity index (χ0) is 18.6. The maximum absolute atomic E-state index is 12.9. The molecule has 0 bridgehead atoms. The van der Waals surface area contributed by atoms with Crippen LogP contribution in [0, 0.1) is 0 Å². The first-order chi connectivity index (χ1) is 12.5. The predicted molar refractivity (Wildman–Crippen MR) is 100 cm³/mol. The Morgan fingerprint density at radius 1 is 1.23 bits per heavy atom. The number of rotatable bonds is 7. The highest BCUT2D eigenvalue weighted by molar-refractivity contribution is 9.10. The van der Waals surface area contributed by atoms with Crippen LogP contribution in [0.5, 0.6) is 5.75 Å². The summed E-state index contributed by atoms with van der Waals surface area (Å²) in [6.45, 7) is 0.320. The molecule has 2 aromatic carbocycles. The van der Waals surface area contributed by atoms with Crippen LogP contribution in [0.3, 0.4) is 0 Å². The molecular formula is C17H17BrN4O3S. The summed E-state index contributed by atoms with van der Waals surface area (Å²) in [5.41, 5.74) is 0.833. The van der Waals surface area contributed by atoms with E-state index in [1.54, 1.807) is 17.1 Å². The highest BCUT2D eigenvalue weighted by Gasteiger charge is 2.23. The number of ether oxygens (including phenoxy) is 1. The first-order valence-corrected chi connectivity index (χ1v) is 10.0. The molecule has 9 heteroatoms. The van der Waals surface area contributed by atoms with Gasteiger partial charge in [0.2, 0.25) is 10.0 Å². The number of halogens is 1. The largest absolute Gasteiger partial charge is 0.496 e. The third-order valence-electron chi connectivity index (χ3n) is 3.77. The Balaban J connectivity index is 1.91. The molecule has 0 aliphatic rings. The van der Waals surface area contributed by atoms with Crippen molar-refractivity contribution in [1.82, 2.24) is 19.5 Å². The first kappa shape index (κ1) is 18.6. The Bertz CT molecular complexity index is 963. The van der Waals surface area contributed by atoms with Gasteiger partial charge in [0.05, 0.1) is 29.1 Å². The maximum atomic E-state index is 12.9. The number of nitrogens with one attached hydrogen (secondary N) is 1. The Morgan fingerprint density at radius 3 is 2.62 bits per heavy atom. The Hall–Kier alpha value is -2.23. The van der Waals surface area contributed by atoms with Crippen molar-refractivity contribution in [2.24, 2.45) is 0 Å². The van der Waals surface area contributed by atoms with Crippen LogP contribution >= 0.6 is 15.9 Å². The third-order valence-corrected chi connectivity index (χ3v) is 5.86. The van der Waals surface area contributed by atoms with E-state index in [-0.39, 0.29) is 4.90 Å². The summed E-state index contributed by atoms with van der Waals surface area (Å²) < 4.78 is 35.8. The molecule has 0 aliphatic heterocycles. The van der Waals surface area contributed by atoms with Crippen molar-refractivity contribution >= 4 is 26.0 Å². The molecule has 136 valence electrons. The quantitative estimate of drug-likeness (QED) is 0.615. The fraction of sp³-hybridized carbons (Fsp3) is 0.176. The van der Waals surface area contributed by atoms with E-state index in [1.165, 1.54) is 25.6 Å². The molecule has 0 saturated heterocycles. The van der Waals surface area contributed by atoms with Crippen LogP contribution in [0.4, 0.5) is 0 Å². The number of hydrogen-bond donors (Lipinski definition) is 1. The second-order valence-electron chi connectivity index (χ2n) is 5.50. The van der Waals surface area contributed by atoms with Crippen LogP contribution in [0.15, 0.2) is 70.6 Å². The van der Waals surface area contributed by atoms with E-state index in [1.807, 2.05) is 30.3 Å². The second kappa shape index (κ2) is 7.98. The summed E-state index contributed by atoms with van der Waals surface area (Å²) in [6, 6.07) is 13.5. The molecule has 1 unspecified atom stereocenters. The fourth-order valence-electron chi connectivity index (χ4n) is 2.48. The van der Waals surface area contributed by atoms with Gasteiger partial charge >= 0.3 is 0 Å². The van der Waals surface area contributed by atoms with E-state index in [0.717, 1.165) is 5.56 Å². The van der Waals surface area contributed by atoms with Crippen molar-refractivity contribution in [3.63, 3.8) is 0 Å². The molecule has 0 saturated carbocycles. The van der Waals surface area contributed by atoms with Crippen molar-refractivity contribution in [1.29, 1.82) is 0 Å². The summed E-state index contributed by atoms with van der Waals surface area (Å²) in [5.74, 6) is 0.561. The number of nitrogens with zero attached hydrogens (tertiary/aromatic N) is 3. The Morgan fingerprint density at radius 2 is 2.00 bits per heavy atom. The highest BCUT2D eigenvalue weighted by Crippen LogP contribution is 2.28. The normalized spacial score (nSPS) is 12.7. The number of benzene rings is 2. The molecule has 1 aromatic heterocycles. The van der Waals surface area contributed by atoms with Gasteiger partial charge in [-0.15, -0.1) is 0 Å². The molecule has 26 heavy (non-hydrogen) atoms. The van der Waals surface area contributed by atoms with Crippen molar-refractivity contribution in [2.45, 2.75) is 17.5 Å². The summed E-state index contributed by atoms with van der Waals surface area (Å²) in [4.78, 5) is 4.05. The van der Waals surface area contributed by atoms with Gasteiger partial charge in [-0.2, -0.15) is 5.10 Å². The average Bonchev–Trinajstić information content (AvgIpc) is 3.15. The SMILES string of the molecule is COc1ccc(S(=O)(=O)NC(Cn2cncn2)c2ccccc2)cc1Br. The van der Waals surface area contributed by atoms with Gasteiger partial charge in [-0.1, -0.05) is 30.3 Å². The molecule has 7 nitrogen and oxygen atoms in total. The van der Waals surface area contributed by atoms with Gasteiger partial charge in [-0.05, 0) is 39.7 Å². The molecule has 0 spiro atoms. The standard InChI is InChI=1S/C17H17BrN4O3S/c1-25-17-8-7-14(9-15(17)18)26(23,24)21-16(10-22-12-19-11-20-22)13-5-3-2-4-6-13/h2-9,11-12,16,21H,10H2,1H3. The molecular weight excluding hydrogens is 420 g/mol. The van der Waals surface area contributed by atoms with Gasteiger partial charge in [-0.3, -0.25) is 4.68 Å². The van der Waals surface area contributed by atoms with Gasteiger partial charge in [0.15, 0.2) is 0 Å². The van der Waals surface area contributed by atoms with E-state index < -0.39 is 16.1 Å². The monoisotopic (exact) mass is 436 g/mol. The molecule has 0 aliphatic carbocycles. The van der Waals surface area contributed by atoms with Gasteiger partial charge in [-0.25, -0.2) is 18.1 Å². The van der Waals surface area contributed by atoms with Crippen molar-refractivity contribution in [3.05, 3.63) is 71.2 Å². The van der Waals surface area contributed by atoms with Crippen molar-refractivity contribution in [2.75, 3.05) is 7.11 Å². The zero-order valence-electron chi connectivity index (χ0n) is 13.9. The number of sulfonamides is 1. The lowest BCUT2D eigenvalue weighted by Gasteiger charge is -2.19. The number of hydrogen-bond acceptors (Lipinski definition) is 5. The van der Waals surface area contributed by atoms with Crippen LogP contribution in [-0.2, 0) is 16.6 Å². The van der Waals surface area contributed by atoms with E-state index in [0.29, 0.717) is 16.8 Å². The van der Waals surface area contributed by atoms with E-state index in [2.05, 4.69) is 30.7 Å². The van der Waals surface area contributed by atoms with Gasteiger partial charge in [0.1, 0.15) is 18.4 Å². The van der Waals surface area contributed by atoms with E-state index in [4.69, 9.17) is 4.74 Å². The summed E-state index contributed by atoms with van der Waals surface area (Å²) in [6.07, 6.45) is 2.96. The zero-order valence-corrected chi connectivity index (χ0v) is 16.3. The van der Waals surface area contributed by atoms with Crippen LogP contribution in [0.25, 0.3) is 0 Å². The van der Waals surface area contributed by atoms with Gasteiger partial charge in [0, 0.05) is 0 Å². The molecule has 0 amide bonds. The number of methoxy groups -OCH3 is 1. The molecule has 3 rings (SSSR count). The minimum Gasteiger partial charge on any atom is -0.496 e. The Kier molecular flexibility index (Phi) is 5.70. The molecule has 3 aromatic rings. The van der Waals surface area contributed by atoms with Gasteiger partial charge < -0.3 is 4.74 Å². The molecule has 0 radical (unpaired) electrons. The van der Waals surface area contributed by atoms with Crippen molar-refractivity contribution < 1.29 is 13.2 Å². The molecule has 1 heterocycles. The lowest BCUT2D eigenvalue weighted by molar-refractivity contribution is 0.411. The molecule has 1 atom stereocenters. The lowest BCUT2D eigenvalue weighted by Crippen LogP contribution is -2.31. The first-order valence-electron chi connectivity index (χ1n) is 7.73. The van der Waals surface area contributed by atoms with Crippen LogP contribution in [-0.4, -0.2) is 30.3 Å². The minimum absolute atomic E-state index is 0.143. The van der Waals surface area contributed by atoms with Crippen LogP contribution in [0.1, 0.15) is 11.6 Å². The highest BCUT2D eigenvalue weighted by atomic mass is 79.9.